The molecule has 0 saturated heterocycles. The highest BCUT2D eigenvalue weighted by molar-refractivity contribution is 6.31. The van der Waals surface area contributed by atoms with Crippen molar-refractivity contribution in [1.29, 1.82) is 0 Å². The van der Waals surface area contributed by atoms with Crippen LogP contribution < -0.4 is 0 Å². The van der Waals surface area contributed by atoms with Gasteiger partial charge in [-0.25, -0.2) is 0 Å². The highest BCUT2D eigenvalue weighted by atomic mass is 35.5. The molecule has 108 valence electrons. The number of ether oxygens (including phenoxy) is 1. The van der Waals surface area contributed by atoms with E-state index in [0.29, 0.717) is 16.1 Å². The lowest BCUT2D eigenvalue weighted by atomic mass is 10.1. The quantitative estimate of drug-likeness (QED) is 0.481. The van der Waals surface area contributed by atoms with Crippen LogP contribution in [0.2, 0.25) is 5.02 Å². The van der Waals surface area contributed by atoms with Crippen molar-refractivity contribution in [3.63, 3.8) is 0 Å². The molecule has 2 aromatic rings. The van der Waals surface area contributed by atoms with Gasteiger partial charge in [0.2, 0.25) is 0 Å². The van der Waals surface area contributed by atoms with Gasteiger partial charge >= 0.3 is 5.97 Å². The Balaban J connectivity index is 1.89. The molecule has 0 atom stereocenters. The molecular weight excluding hydrogens is 294 g/mol. The number of halogens is 1. The zero-order valence-corrected chi connectivity index (χ0v) is 11.7. The lowest BCUT2D eigenvalue weighted by Gasteiger charge is -2.06. The molecule has 0 fully saturated rings. The number of carbonyl (C=O) groups is 1. The first-order valence-electron chi connectivity index (χ1n) is 6.18. The molecule has 0 aromatic heterocycles. The van der Waals surface area contributed by atoms with E-state index in [2.05, 4.69) is 0 Å². The first-order valence-corrected chi connectivity index (χ1v) is 6.56. The molecule has 0 spiro atoms. The van der Waals surface area contributed by atoms with Crippen LogP contribution in [-0.4, -0.2) is 10.9 Å². The summed E-state index contributed by atoms with van der Waals surface area (Å²) in [7, 11) is 0. The Morgan fingerprint density at radius 1 is 1.14 bits per heavy atom. The maximum absolute atomic E-state index is 11.7. The summed E-state index contributed by atoms with van der Waals surface area (Å²) in [6.07, 6.45) is 0.0899. The fraction of sp³-hybridized carbons (Fsp3) is 0.133. The molecule has 0 radical (unpaired) electrons. The molecule has 0 N–H and O–H groups in total. The van der Waals surface area contributed by atoms with Crippen LogP contribution >= 0.6 is 11.6 Å². The summed E-state index contributed by atoms with van der Waals surface area (Å²) in [6, 6.07) is 12.9. The molecule has 2 rings (SSSR count). The van der Waals surface area contributed by atoms with Crippen LogP contribution in [0.3, 0.4) is 0 Å². The number of esters is 1. The van der Waals surface area contributed by atoms with Gasteiger partial charge in [0.25, 0.3) is 5.69 Å². The van der Waals surface area contributed by atoms with Gasteiger partial charge in [0.05, 0.1) is 11.3 Å². The predicted octanol–water partition coefficient (Wildman–Crippen LogP) is 3.53. The van der Waals surface area contributed by atoms with Crippen LogP contribution in [0.5, 0.6) is 0 Å². The van der Waals surface area contributed by atoms with Crippen LogP contribution in [0.25, 0.3) is 0 Å². The summed E-state index contributed by atoms with van der Waals surface area (Å²) >= 11 is 5.96. The SMILES string of the molecule is O=C(Cc1ccccc1Cl)OCc1ccc([N+](=O)[O-])cc1. The van der Waals surface area contributed by atoms with Crippen molar-refractivity contribution in [1.82, 2.24) is 0 Å². The average molecular weight is 306 g/mol. The number of carbonyl (C=O) groups excluding carboxylic acids is 1. The Bertz CT molecular complexity index is 655. The monoisotopic (exact) mass is 305 g/mol. The first kappa shape index (κ1) is 15.0. The van der Waals surface area contributed by atoms with Crippen LogP contribution in [0.15, 0.2) is 48.5 Å². The Morgan fingerprint density at radius 3 is 2.43 bits per heavy atom. The number of hydrogen-bond acceptors (Lipinski definition) is 4. The lowest BCUT2D eigenvalue weighted by molar-refractivity contribution is -0.384. The van der Waals surface area contributed by atoms with E-state index in [1.165, 1.54) is 12.1 Å². The fourth-order valence-electron chi connectivity index (χ4n) is 1.73. The van der Waals surface area contributed by atoms with Crippen molar-refractivity contribution in [2.45, 2.75) is 13.0 Å². The van der Waals surface area contributed by atoms with E-state index in [1.807, 2.05) is 0 Å². The van der Waals surface area contributed by atoms with Crippen molar-refractivity contribution in [2.75, 3.05) is 0 Å². The Labute approximate surface area is 126 Å². The molecule has 0 unspecified atom stereocenters. The second kappa shape index (κ2) is 6.85. The fourth-order valence-corrected chi connectivity index (χ4v) is 1.93. The molecule has 0 aliphatic heterocycles. The second-order valence-corrected chi connectivity index (χ2v) is 4.76. The molecule has 0 amide bonds. The second-order valence-electron chi connectivity index (χ2n) is 4.35. The van der Waals surface area contributed by atoms with Crippen molar-refractivity contribution >= 4 is 23.3 Å². The van der Waals surface area contributed by atoms with Gasteiger partial charge in [0.15, 0.2) is 0 Å². The van der Waals surface area contributed by atoms with Crippen molar-refractivity contribution in [2.24, 2.45) is 0 Å². The zero-order valence-electron chi connectivity index (χ0n) is 11.0. The topological polar surface area (TPSA) is 69.4 Å². The van der Waals surface area contributed by atoms with Gasteiger partial charge in [-0.2, -0.15) is 0 Å². The van der Waals surface area contributed by atoms with Crippen LogP contribution in [-0.2, 0) is 22.6 Å². The van der Waals surface area contributed by atoms with E-state index < -0.39 is 10.9 Å². The molecule has 5 nitrogen and oxygen atoms in total. The van der Waals surface area contributed by atoms with Gasteiger partial charge in [0.1, 0.15) is 6.61 Å². The molecule has 2 aromatic carbocycles. The number of non-ortho nitro benzene ring substituents is 1. The summed E-state index contributed by atoms with van der Waals surface area (Å²) in [5.41, 5.74) is 1.39. The van der Waals surface area contributed by atoms with Crippen molar-refractivity contribution < 1.29 is 14.5 Å². The van der Waals surface area contributed by atoms with Gasteiger partial charge < -0.3 is 4.74 Å². The molecule has 0 saturated carbocycles. The highest BCUT2D eigenvalue weighted by Gasteiger charge is 2.09. The maximum Gasteiger partial charge on any atom is 0.310 e. The summed E-state index contributed by atoms with van der Waals surface area (Å²) in [4.78, 5) is 21.8. The molecule has 0 heterocycles. The van der Waals surface area contributed by atoms with E-state index in [-0.39, 0.29) is 18.7 Å². The van der Waals surface area contributed by atoms with Gasteiger partial charge in [-0.15, -0.1) is 0 Å². The minimum Gasteiger partial charge on any atom is -0.461 e. The smallest absolute Gasteiger partial charge is 0.310 e. The van der Waals surface area contributed by atoms with E-state index in [0.717, 1.165) is 0 Å². The molecule has 0 aliphatic rings. The number of hydrogen-bond donors (Lipinski definition) is 0. The minimum absolute atomic E-state index is 0.00106. The van der Waals surface area contributed by atoms with Crippen LogP contribution in [0.4, 0.5) is 5.69 Å². The third-order valence-corrected chi connectivity index (χ3v) is 3.21. The maximum atomic E-state index is 11.7. The first-order chi connectivity index (χ1) is 10.1. The van der Waals surface area contributed by atoms with E-state index in [1.54, 1.807) is 36.4 Å². The predicted molar refractivity (Wildman–Crippen MR) is 78.0 cm³/mol. The van der Waals surface area contributed by atoms with Gasteiger partial charge in [-0.05, 0) is 29.3 Å². The van der Waals surface area contributed by atoms with Gasteiger partial charge in [0, 0.05) is 17.2 Å². The Morgan fingerprint density at radius 2 is 1.81 bits per heavy atom. The number of nitro benzene ring substituents is 1. The standard InChI is InChI=1S/C15H12ClNO4/c16-14-4-2-1-3-12(14)9-15(18)21-10-11-5-7-13(8-6-11)17(19)20/h1-8H,9-10H2. The third-order valence-electron chi connectivity index (χ3n) is 2.84. The number of nitrogens with zero attached hydrogens (tertiary/aromatic N) is 1. The van der Waals surface area contributed by atoms with E-state index in [9.17, 15) is 14.9 Å². The third kappa shape index (κ3) is 4.29. The summed E-state index contributed by atoms with van der Waals surface area (Å²) in [5, 5.41) is 11.0. The number of benzene rings is 2. The van der Waals surface area contributed by atoms with Crippen LogP contribution in [0.1, 0.15) is 11.1 Å². The Kier molecular flexibility index (Phi) is 4.90. The number of nitro groups is 1. The largest absolute Gasteiger partial charge is 0.461 e. The normalized spacial score (nSPS) is 10.1. The number of rotatable bonds is 5. The van der Waals surface area contributed by atoms with Gasteiger partial charge in [-0.1, -0.05) is 29.8 Å². The molecular formula is C15H12ClNO4. The van der Waals surface area contributed by atoms with Gasteiger partial charge in [-0.3, -0.25) is 14.9 Å². The van der Waals surface area contributed by atoms with E-state index in [4.69, 9.17) is 16.3 Å². The average Bonchev–Trinajstić information content (AvgIpc) is 2.48. The van der Waals surface area contributed by atoms with Crippen LogP contribution in [0, 0.1) is 10.1 Å². The minimum atomic E-state index is -0.479. The highest BCUT2D eigenvalue weighted by Crippen LogP contribution is 2.16. The molecule has 6 heteroatoms. The molecule has 0 aliphatic carbocycles. The van der Waals surface area contributed by atoms with Crippen molar-refractivity contribution in [3.05, 3.63) is 74.8 Å². The Hall–Kier alpha value is -2.40. The molecule has 21 heavy (non-hydrogen) atoms. The molecule has 0 bridgehead atoms. The zero-order chi connectivity index (χ0) is 15.2. The summed E-state index contributed by atoms with van der Waals surface area (Å²) in [6.45, 7) is 0.0707. The lowest BCUT2D eigenvalue weighted by Crippen LogP contribution is -2.08. The summed E-state index contributed by atoms with van der Waals surface area (Å²) in [5.74, 6) is -0.401. The van der Waals surface area contributed by atoms with Crippen molar-refractivity contribution in [3.8, 4) is 0 Å². The van der Waals surface area contributed by atoms with E-state index >= 15 is 0 Å². The summed E-state index contributed by atoms with van der Waals surface area (Å²) < 4.78 is 5.12.